The van der Waals surface area contributed by atoms with Crippen LogP contribution in [0.3, 0.4) is 0 Å². The summed E-state index contributed by atoms with van der Waals surface area (Å²) in [6.45, 7) is 1.94. The zero-order chi connectivity index (χ0) is 13.7. The molecular weight excluding hydrogens is 270 g/mol. The summed E-state index contributed by atoms with van der Waals surface area (Å²) in [6, 6.07) is 0. The molecule has 4 nitrogen and oxygen atoms in total. The van der Waals surface area contributed by atoms with Crippen LogP contribution < -0.4 is 10.6 Å². The van der Waals surface area contributed by atoms with Crippen molar-refractivity contribution in [3.05, 3.63) is 5.56 Å². The molecule has 2 atom stereocenters. The Bertz CT molecular complexity index is 513. The van der Waals surface area contributed by atoms with Crippen molar-refractivity contribution in [3.63, 3.8) is 0 Å². The van der Waals surface area contributed by atoms with Crippen LogP contribution in [-0.2, 0) is 0 Å². The van der Waals surface area contributed by atoms with E-state index >= 15 is 0 Å². The van der Waals surface area contributed by atoms with Crippen molar-refractivity contribution in [2.75, 3.05) is 23.7 Å². The van der Waals surface area contributed by atoms with E-state index in [0.29, 0.717) is 11.8 Å². The second-order valence-electron chi connectivity index (χ2n) is 6.80. The van der Waals surface area contributed by atoms with Crippen molar-refractivity contribution in [1.29, 1.82) is 0 Å². The average Bonchev–Trinajstić information content (AvgIpc) is 3.21. The molecule has 0 amide bonds. The molecule has 2 saturated carbocycles. The summed E-state index contributed by atoms with van der Waals surface area (Å²) in [6.07, 6.45) is 8.04. The van der Waals surface area contributed by atoms with Crippen LogP contribution in [0.25, 0.3) is 0 Å². The average molecular weight is 293 g/mol. The fourth-order valence-corrected chi connectivity index (χ4v) is 4.97. The van der Waals surface area contributed by atoms with E-state index in [4.69, 9.17) is 5.73 Å². The maximum Gasteiger partial charge on any atom is 0.142 e. The molecule has 3 N–H and O–H groups in total. The first-order valence-electron chi connectivity index (χ1n) is 7.90. The first kappa shape index (κ1) is 12.9. The van der Waals surface area contributed by atoms with Crippen LogP contribution in [0.15, 0.2) is 0 Å². The van der Waals surface area contributed by atoms with Gasteiger partial charge >= 0.3 is 0 Å². The molecular formula is C15H23N3OS. The van der Waals surface area contributed by atoms with E-state index in [0.717, 1.165) is 31.7 Å². The zero-order valence-corrected chi connectivity index (χ0v) is 12.7. The second kappa shape index (κ2) is 4.60. The Morgan fingerprint density at radius 1 is 1.25 bits per heavy atom. The van der Waals surface area contributed by atoms with E-state index in [9.17, 15) is 5.11 Å². The molecule has 5 heteroatoms. The predicted octanol–water partition coefficient (Wildman–Crippen LogP) is 2.73. The maximum atomic E-state index is 10.8. The molecule has 1 aliphatic heterocycles. The Balaban J connectivity index is 1.58. The minimum atomic E-state index is -0.398. The zero-order valence-electron chi connectivity index (χ0n) is 11.8. The molecule has 0 aromatic carbocycles. The Hall–Kier alpha value is -0.810. The highest BCUT2D eigenvalue weighted by atomic mass is 32.1. The van der Waals surface area contributed by atoms with E-state index in [1.54, 1.807) is 11.5 Å². The SMILES string of the molecule is Nc1nsc(N2CCC3(O)CCCCC3C2)c1C1CC1. The normalized spacial score (nSPS) is 34.0. The lowest BCUT2D eigenvalue weighted by atomic mass is 9.71. The minimum absolute atomic E-state index is 0.398. The number of hydrogen-bond acceptors (Lipinski definition) is 5. The highest BCUT2D eigenvalue weighted by Crippen LogP contribution is 2.50. The van der Waals surface area contributed by atoms with Gasteiger partial charge in [0, 0.05) is 24.6 Å². The number of aromatic nitrogens is 1. The van der Waals surface area contributed by atoms with Gasteiger partial charge in [-0.2, -0.15) is 4.37 Å². The number of nitrogens with two attached hydrogens (primary N) is 1. The molecule has 20 heavy (non-hydrogen) atoms. The molecule has 110 valence electrons. The van der Waals surface area contributed by atoms with Crippen LogP contribution >= 0.6 is 11.5 Å². The molecule has 0 spiro atoms. The quantitative estimate of drug-likeness (QED) is 0.880. The molecule has 3 aliphatic rings. The van der Waals surface area contributed by atoms with Gasteiger partial charge in [0.25, 0.3) is 0 Å². The number of anilines is 2. The first-order chi connectivity index (χ1) is 9.67. The molecule has 1 aromatic rings. The summed E-state index contributed by atoms with van der Waals surface area (Å²) in [4.78, 5) is 2.45. The number of nitrogen functional groups attached to an aromatic ring is 1. The number of rotatable bonds is 2. The van der Waals surface area contributed by atoms with Gasteiger partial charge in [0.2, 0.25) is 0 Å². The van der Waals surface area contributed by atoms with Crippen molar-refractivity contribution in [3.8, 4) is 0 Å². The predicted molar refractivity (Wildman–Crippen MR) is 82.2 cm³/mol. The van der Waals surface area contributed by atoms with Gasteiger partial charge in [-0.1, -0.05) is 12.8 Å². The monoisotopic (exact) mass is 293 g/mol. The Labute approximate surface area is 124 Å². The molecule has 2 unspecified atom stereocenters. The third-order valence-corrected chi connectivity index (χ3v) is 6.38. The van der Waals surface area contributed by atoms with Gasteiger partial charge < -0.3 is 15.7 Å². The summed E-state index contributed by atoms with van der Waals surface area (Å²) >= 11 is 1.56. The molecule has 2 heterocycles. The third kappa shape index (κ3) is 2.02. The van der Waals surface area contributed by atoms with E-state index < -0.39 is 5.60 Å². The summed E-state index contributed by atoms with van der Waals surface area (Å²) in [5.74, 6) is 1.83. The van der Waals surface area contributed by atoms with Gasteiger partial charge in [-0.15, -0.1) is 0 Å². The van der Waals surface area contributed by atoms with E-state index in [2.05, 4.69) is 9.27 Å². The van der Waals surface area contributed by atoms with Gasteiger partial charge in [-0.25, -0.2) is 0 Å². The molecule has 4 rings (SSSR count). The lowest BCUT2D eigenvalue weighted by molar-refractivity contribution is -0.0611. The van der Waals surface area contributed by atoms with Crippen LogP contribution in [-0.4, -0.2) is 28.2 Å². The van der Waals surface area contributed by atoms with Crippen molar-refractivity contribution in [2.45, 2.75) is 56.5 Å². The van der Waals surface area contributed by atoms with E-state index in [1.807, 2.05) is 0 Å². The highest BCUT2D eigenvalue weighted by Gasteiger charge is 2.44. The van der Waals surface area contributed by atoms with Crippen molar-refractivity contribution in [2.24, 2.45) is 5.92 Å². The standard InChI is InChI=1S/C15H23N3OS/c16-13-12(10-4-5-10)14(20-17-13)18-8-7-15(19)6-2-1-3-11(15)9-18/h10-11,19H,1-9H2,(H2,16,17). The molecule has 1 aromatic heterocycles. The van der Waals surface area contributed by atoms with Crippen LogP contribution in [0.1, 0.15) is 56.4 Å². The first-order valence-corrected chi connectivity index (χ1v) is 8.67. The smallest absolute Gasteiger partial charge is 0.142 e. The number of aliphatic hydroxyl groups is 1. The van der Waals surface area contributed by atoms with Gasteiger partial charge in [0.05, 0.1) is 5.60 Å². The van der Waals surface area contributed by atoms with Gasteiger partial charge in [-0.3, -0.25) is 0 Å². The summed E-state index contributed by atoms with van der Waals surface area (Å²) in [5.41, 5.74) is 6.97. The van der Waals surface area contributed by atoms with E-state index in [1.165, 1.54) is 42.7 Å². The largest absolute Gasteiger partial charge is 0.389 e. The van der Waals surface area contributed by atoms with Crippen LogP contribution in [0.4, 0.5) is 10.8 Å². The number of piperidine rings is 1. The molecule has 0 bridgehead atoms. The van der Waals surface area contributed by atoms with Crippen LogP contribution in [0.5, 0.6) is 0 Å². The molecule has 2 aliphatic carbocycles. The van der Waals surface area contributed by atoms with Crippen LogP contribution in [0.2, 0.25) is 0 Å². The van der Waals surface area contributed by atoms with Gasteiger partial charge in [0.1, 0.15) is 10.8 Å². The maximum absolute atomic E-state index is 10.8. The summed E-state index contributed by atoms with van der Waals surface area (Å²) < 4.78 is 4.39. The Morgan fingerprint density at radius 3 is 2.90 bits per heavy atom. The topological polar surface area (TPSA) is 62.4 Å². The number of hydrogen-bond donors (Lipinski definition) is 2. The highest BCUT2D eigenvalue weighted by molar-refractivity contribution is 7.10. The summed E-state index contributed by atoms with van der Waals surface area (Å²) in [5, 5.41) is 12.1. The van der Waals surface area contributed by atoms with Crippen LogP contribution in [0, 0.1) is 5.92 Å². The van der Waals surface area contributed by atoms with Gasteiger partial charge in [0.15, 0.2) is 0 Å². The fraction of sp³-hybridized carbons (Fsp3) is 0.800. The van der Waals surface area contributed by atoms with Crippen molar-refractivity contribution < 1.29 is 5.11 Å². The fourth-order valence-electron chi connectivity index (χ4n) is 4.04. The third-order valence-electron chi connectivity index (χ3n) is 5.44. The lowest BCUT2D eigenvalue weighted by Gasteiger charge is -2.47. The molecule has 3 fully saturated rings. The van der Waals surface area contributed by atoms with Crippen molar-refractivity contribution >= 4 is 22.4 Å². The van der Waals surface area contributed by atoms with Gasteiger partial charge in [-0.05, 0) is 49.6 Å². The van der Waals surface area contributed by atoms with Crippen molar-refractivity contribution in [1.82, 2.24) is 4.37 Å². The van der Waals surface area contributed by atoms with E-state index in [-0.39, 0.29) is 0 Å². The number of fused-ring (bicyclic) bond motifs is 1. The summed E-state index contributed by atoms with van der Waals surface area (Å²) in [7, 11) is 0. The second-order valence-corrected chi connectivity index (χ2v) is 7.56. The Morgan fingerprint density at radius 2 is 2.10 bits per heavy atom. The molecule has 0 radical (unpaired) electrons. The minimum Gasteiger partial charge on any atom is -0.389 e. The Kier molecular flexibility index (Phi) is 2.96. The number of nitrogens with zero attached hydrogens (tertiary/aromatic N) is 2. The molecule has 1 saturated heterocycles. The lowest BCUT2D eigenvalue weighted by Crippen LogP contribution is -2.53.